The van der Waals surface area contributed by atoms with Gasteiger partial charge in [0.15, 0.2) is 0 Å². The smallest absolute Gasteiger partial charge is 0.143 e. The number of para-hydroxylation sites is 5. The molecule has 8 aromatic carbocycles. The first-order valence-corrected chi connectivity index (χ1v) is 17.4. The molecule has 0 saturated carbocycles. The largest absolute Gasteiger partial charge is 0.455 e. The van der Waals surface area contributed by atoms with Crippen molar-refractivity contribution in [3.8, 4) is 33.6 Å². The Balaban J connectivity index is 1.14. The van der Waals surface area contributed by atoms with Crippen LogP contribution < -0.4 is 0 Å². The molecule has 3 heteroatoms. The highest BCUT2D eigenvalue weighted by Crippen LogP contribution is 2.44. The van der Waals surface area contributed by atoms with Crippen LogP contribution in [0.3, 0.4) is 0 Å². The van der Waals surface area contributed by atoms with Crippen LogP contribution in [0.15, 0.2) is 186 Å². The highest BCUT2D eigenvalue weighted by Gasteiger charge is 2.21. The molecule has 238 valence electrons. The maximum Gasteiger partial charge on any atom is 0.143 e. The summed E-state index contributed by atoms with van der Waals surface area (Å²) in [6, 6.07) is 65.4. The van der Waals surface area contributed by atoms with Crippen molar-refractivity contribution in [3.05, 3.63) is 182 Å². The first-order chi connectivity index (χ1) is 25.3. The summed E-state index contributed by atoms with van der Waals surface area (Å²) in [5.74, 6) is 0. The second kappa shape index (κ2) is 10.8. The molecule has 0 radical (unpaired) electrons. The van der Waals surface area contributed by atoms with Crippen molar-refractivity contribution in [1.82, 2.24) is 9.13 Å². The molecule has 11 aromatic rings. The zero-order chi connectivity index (χ0) is 33.5. The molecule has 3 aromatic heterocycles. The summed E-state index contributed by atoms with van der Waals surface area (Å²) < 4.78 is 11.3. The van der Waals surface area contributed by atoms with Gasteiger partial charge in [0.25, 0.3) is 0 Å². The van der Waals surface area contributed by atoms with E-state index in [1.165, 1.54) is 60.4 Å². The third-order valence-electron chi connectivity index (χ3n) is 10.5. The van der Waals surface area contributed by atoms with E-state index in [1.807, 2.05) is 12.1 Å². The van der Waals surface area contributed by atoms with Gasteiger partial charge in [0.2, 0.25) is 0 Å². The van der Waals surface area contributed by atoms with E-state index in [1.54, 1.807) is 0 Å². The minimum atomic E-state index is 0.915. The molecule has 0 atom stereocenters. The van der Waals surface area contributed by atoms with E-state index in [2.05, 4.69) is 179 Å². The monoisotopic (exact) mass is 650 g/mol. The van der Waals surface area contributed by atoms with Crippen LogP contribution >= 0.6 is 0 Å². The van der Waals surface area contributed by atoms with Crippen molar-refractivity contribution in [2.75, 3.05) is 0 Å². The van der Waals surface area contributed by atoms with Crippen LogP contribution in [-0.2, 0) is 0 Å². The first-order valence-electron chi connectivity index (χ1n) is 17.4. The van der Waals surface area contributed by atoms with Gasteiger partial charge in [-0.3, -0.25) is 0 Å². The van der Waals surface area contributed by atoms with Crippen LogP contribution in [0.2, 0.25) is 0 Å². The Labute approximate surface area is 293 Å². The Kier molecular flexibility index (Phi) is 5.96. The molecule has 0 aliphatic rings. The average Bonchev–Trinajstić information content (AvgIpc) is 3.86. The van der Waals surface area contributed by atoms with Crippen LogP contribution in [0.1, 0.15) is 0 Å². The number of aromatic nitrogens is 2. The van der Waals surface area contributed by atoms with Gasteiger partial charge in [-0.1, -0.05) is 133 Å². The lowest BCUT2D eigenvalue weighted by Gasteiger charge is -2.14. The molecule has 0 aliphatic carbocycles. The van der Waals surface area contributed by atoms with Crippen LogP contribution in [0, 0.1) is 0 Å². The molecule has 0 unspecified atom stereocenters. The van der Waals surface area contributed by atoms with Gasteiger partial charge in [-0.15, -0.1) is 0 Å². The van der Waals surface area contributed by atoms with Gasteiger partial charge < -0.3 is 13.6 Å². The van der Waals surface area contributed by atoms with Crippen molar-refractivity contribution in [3.63, 3.8) is 0 Å². The van der Waals surface area contributed by atoms with Crippen LogP contribution in [0.4, 0.5) is 0 Å². The lowest BCUT2D eigenvalue weighted by atomic mass is 10.0. The zero-order valence-electron chi connectivity index (χ0n) is 27.6. The Hall–Kier alpha value is -6.84. The fourth-order valence-electron chi connectivity index (χ4n) is 8.35. The predicted molar refractivity (Wildman–Crippen MR) is 213 cm³/mol. The third kappa shape index (κ3) is 4.06. The van der Waals surface area contributed by atoms with E-state index in [0.29, 0.717) is 0 Å². The minimum Gasteiger partial charge on any atom is -0.455 e. The van der Waals surface area contributed by atoms with Gasteiger partial charge in [-0.2, -0.15) is 0 Å². The van der Waals surface area contributed by atoms with Crippen molar-refractivity contribution < 1.29 is 4.42 Å². The topological polar surface area (TPSA) is 23.0 Å². The molecule has 0 amide bonds. The van der Waals surface area contributed by atoms with Crippen molar-refractivity contribution in [2.45, 2.75) is 0 Å². The standard InChI is InChI=1S/C48H30N2O/c1-2-13-31(14-3-1)34-15-4-8-21-40(34)50-42-23-10-6-18-39(42)47-44(50)30-29-43-46(47)38-17-5-9-22-41(38)49(43)33-27-25-32(26-28-33)35-19-12-20-37-36-16-7-11-24-45(36)51-48(35)37/h1-30H. The van der Waals surface area contributed by atoms with Crippen LogP contribution in [0.5, 0.6) is 0 Å². The molecular weight excluding hydrogens is 621 g/mol. The summed E-state index contributed by atoms with van der Waals surface area (Å²) >= 11 is 0. The summed E-state index contributed by atoms with van der Waals surface area (Å²) in [7, 11) is 0. The zero-order valence-corrected chi connectivity index (χ0v) is 27.6. The molecule has 0 saturated heterocycles. The van der Waals surface area contributed by atoms with E-state index in [0.717, 1.165) is 38.8 Å². The highest BCUT2D eigenvalue weighted by atomic mass is 16.3. The van der Waals surface area contributed by atoms with E-state index in [9.17, 15) is 0 Å². The lowest BCUT2D eigenvalue weighted by molar-refractivity contribution is 0.670. The maximum atomic E-state index is 6.39. The highest BCUT2D eigenvalue weighted by molar-refractivity contribution is 6.29. The van der Waals surface area contributed by atoms with Gasteiger partial charge in [-0.05, 0) is 59.7 Å². The molecule has 3 nitrogen and oxygen atoms in total. The number of rotatable bonds is 4. The number of fused-ring (bicyclic) bond motifs is 10. The van der Waals surface area contributed by atoms with Gasteiger partial charge in [0.05, 0.1) is 27.8 Å². The maximum absolute atomic E-state index is 6.39. The molecule has 0 N–H and O–H groups in total. The molecule has 0 aliphatic heterocycles. The van der Waals surface area contributed by atoms with E-state index in [4.69, 9.17) is 4.42 Å². The number of hydrogen-bond acceptors (Lipinski definition) is 1. The van der Waals surface area contributed by atoms with Crippen molar-refractivity contribution in [2.24, 2.45) is 0 Å². The van der Waals surface area contributed by atoms with Gasteiger partial charge in [0.1, 0.15) is 11.2 Å². The summed E-state index contributed by atoms with van der Waals surface area (Å²) in [5, 5.41) is 7.32. The summed E-state index contributed by atoms with van der Waals surface area (Å²) in [5.41, 5.74) is 13.6. The fraction of sp³-hybridized carbons (Fsp3) is 0. The summed E-state index contributed by atoms with van der Waals surface area (Å²) in [6.45, 7) is 0. The van der Waals surface area contributed by atoms with Crippen LogP contribution in [0.25, 0.3) is 99.2 Å². The Bertz CT molecular complexity index is 3120. The lowest BCUT2D eigenvalue weighted by Crippen LogP contribution is -1.97. The number of benzene rings is 8. The predicted octanol–water partition coefficient (Wildman–Crippen LogP) is 13.1. The molecule has 0 fully saturated rings. The van der Waals surface area contributed by atoms with E-state index in [-0.39, 0.29) is 0 Å². The molecule has 51 heavy (non-hydrogen) atoms. The Morgan fingerprint density at radius 2 is 0.882 bits per heavy atom. The molecule has 11 rings (SSSR count). The Morgan fingerprint density at radius 1 is 0.333 bits per heavy atom. The van der Waals surface area contributed by atoms with Crippen LogP contribution in [-0.4, -0.2) is 9.13 Å². The molecular formula is C48H30N2O. The second-order valence-corrected chi connectivity index (χ2v) is 13.3. The molecule has 3 heterocycles. The fourth-order valence-corrected chi connectivity index (χ4v) is 8.35. The third-order valence-corrected chi connectivity index (χ3v) is 10.5. The number of hydrogen-bond donors (Lipinski definition) is 0. The van der Waals surface area contributed by atoms with Crippen molar-refractivity contribution >= 4 is 65.6 Å². The quantitative estimate of drug-likeness (QED) is 0.186. The number of furan rings is 1. The average molecular weight is 651 g/mol. The Morgan fingerprint density at radius 3 is 1.65 bits per heavy atom. The minimum absolute atomic E-state index is 0.915. The van der Waals surface area contributed by atoms with E-state index < -0.39 is 0 Å². The SMILES string of the molecule is c1ccc(-c2ccccc2-n2c3ccccc3c3c4c5ccccc5n(-c5ccc(-c6cccc7c6oc6ccccc67)cc5)c4ccc32)cc1. The van der Waals surface area contributed by atoms with Crippen molar-refractivity contribution in [1.29, 1.82) is 0 Å². The van der Waals surface area contributed by atoms with Gasteiger partial charge in [0, 0.05) is 49.1 Å². The normalized spacial score (nSPS) is 11.9. The summed E-state index contributed by atoms with van der Waals surface area (Å²) in [6.07, 6.45) is 0. The first kappa shape index (κ1) is 28.0. The molecule has 0 spiro atoms. The van der Waals surface area contributed by atoms with E-state index >= 15 is 0 Å². The van der Waals surface area contributed by atoms with Gasteiger partial charge >= 0.3 is 0 Å². The molecule has 0 bridgehead atoms. The van der Waals surface area contributed by atoms with Gasteiger partial charge in [-0.25, -0.2) is 0 Å². The second-order valence-electron chi connectivity index (χ2n) is 13.3. The summed E-state index contributed by atoms with van der Waals surface area (Å²) in [4.78, 5) is 0. The number of nitrogens with zero attached hydrogens (tertiary/aromatic N) is 2.